The van der Waals surface area contributed by atoms with Crippen molar-refractivity contribution < 1.29 is 22.7 Å². The number of hydrogen-bond donors (Lipinski definition) is 2. The number of nitrogens with one attached hydrogen (secondary N) is 2. The molecular formula is C20H24N2O5S. The fourth-order valence-electron chi connectivity index (χ4n) is 2.35. The summed E-state index contributed by atoms with van der Waals surface area (Å²) in [6.07, 6.45) is -0.957. The average Bonchev–Trinajstić information content (AvgIpc) is 2.63. The van der Waals surface area contributed by atoms with Crippen molar-refractivity contribution in [1.82, 2.24) is 5.32 Å². The lowest BCUT2D eigenvalue weighted by atomic mass is 10.2. The SMILES string of the molecule is Cc1ccccc1NS(=O)(=O)c1ccc(C(=O)O[C@@H](C)C(=O)NC(C)C)cc1. The summed E-state index contributed by atoms with van der Waals surface area (Å²) in [5.41, 5.74) is 1.43. The molecule has 0 saturated carbocycles. The largest absolute Gasteiger partial charge is 0.449 e. The summed E-state index contributed by atoms with van der Waals surface area (Å²) in [4.78, 5) is 24.0. The van der Waals surface area contributed by atoms with Crippen LogP contribution in [0.4, 0.5) is 5.69 Å². The molecule has 0 aliphatic rings. The first-order valence-electron chi connectivity index (χ1n) is 8.80. The maximum Gasteiger partial charge on any atom is 0.338 e. The van der Waals surface area contributed by atoms with E-state index in [1.54, 1.807) is 39.0 Å². The van der Waals surface area contributed by atoms with Crippen LogP contribution in [0.25, 0.3) is 0 Å². The molecule has 0 bridgehead atoms. The lowest BCUT2D eigenvalue weighted by Crippen LogP contribution is -2.39. The molecule has 0 unspecified atom stereocenters. The van der Waals surface area contributed by atoms with Gasteiger partial charge in [0.1, 0.15) is 0 Å². The van der Waals surface area contributed by atoms with Crippen molar-refractivity contribution in [3.63, 3.8) is 0 Å². The number of amides is 1. The van der Waals surface area contributed by atoms with E-state index >= 15 is 0 Å². The zero-order chi connectivity index (χ0) is 20.9. The number of hydrogen-bond acceptors (Lipinski definition) is 5. The molecule has 1 atom stereocenters. The van der Waals surface area contributed by atoms with Gasteiger partial charge in [-0.25, -0.2) is 13.2 Å². The smallest absolute Gasteiger partial charge is 0.338 e. The predicted molar refractivity (Wildman–Crippen MR) is 107 cm³/mol. The van der Waals surface area contributed by atoms with Gasteiger partial charge in [0.25, 0.3) is 15.9 Å². The van der Waals surface area contributed by atoms with Crippen molar-refractivity contribution in [2.75, 3.05) is 4.72 Å². The summed E-state index contributed by atoms with van der Waals surface area (Å²) >= 11 is 0. The normalized spacial score (nSPS) is 12.3. The van der Waals surface area contributed by atoms with Crippen molar-refractivity contribution >= 4 is 27.6 Å². The van der Waals surface area contributed by atoms with Crippen LogP contribution in [-0.4, -0.2) is 32.4 Å². The molecule has 2 N–H and O–H groups in total. The molecule has 0 fully saturated rings. The second-order valence-electron chi connectivity index (χ2n) is 6.66. The van der Waals surface area contributed by atoms with Gasteiger partial charge in [-0.2, -0.15) is 0 Å². The minimum absolute atomic E-state index is 0.0119. The van der Waals surface area contributed by atoms with Crippen LogP contribution >= 0.6 is 0 Å². The first kappa shape index (κ1) is 21.4. The van der Waals surface area contributed by atoms with Crippen molar-refractivity contribution in [3.8, 4) is 0 Å². The van der Waals surface area contributed by atoms with Gasteiger partial charge >= 0.3 is 5.97 Å². The summed E-state index contributed by atoms with van der Waals surface area (Å²) < 4.78 is 32.7. The lowest BCUT2D eigenvalue weighted by Gasteiger charge is -2.15. The number of esters is 1. The highest BCUT2D eigenvalue weighted by atomic mass is 32.2. The Hall–Kier alpha value is -2.87. The minimum Gasteiger partial charge on any atom is -0.449 e. The maximum atomic E-state index is 12.5. The number of carbonyl (C=O) groups is 2. The van der Waals surface area contributed by atoms with Crippen LogP contribution in [0.1, 0.15) is 36.7 Å². The molecule has 0 saturated heterocycles. The summed E-state index contributed by atoms with van der Waals surface area (Å²) in [5.74, 6) is -1.10. The van der Waals surface area contributed by atoms with E-state index in [-0.39, 0.29) is 16.5 Å². The van der Waals surface area contributed by atoms with Crippen LogP contribution in [0.15, 0.2) is 53.4 Å². The number of ether oxygens (including phenoxy) is 1. The first-order chi connectivity index (χ1) is 13.1. The van der Waals surface area contributed by atoms with Gasteiger partial charge in [-0.1, -0.05) is 18.2 Å². The third-order valence-electron chi connectivity index (χ3n) is 3.87. The van der Waals surface area contributed by atoms with Crippen molar-refractivity contribution in [2.24, 2.45) is 0 Å². The highest BCUT2D eigenvalue weighted by molar-refractivity contribution is 7.92. The number of rotatable bonds is 7. The highest BCUT2D eigenvalue weighted by Crippen LogP contribution is 2.20. The van der Waals surface area contributed by atoms with Gasteiger partial charge in [-0.05, 0) is 63.6 Å². The van der Waals surface area contributed by atoms with Crippen LogP contribution < -0.4 is 10.0 Å². The fraction of sp³-hybridized carbons (Fsp3) is 0.300. The number of benzene rings is 2. The molecule has 8 heteroatoms. The van der Waals surface area contributed by atoms with E-state index in [0.29, 0.717) is 5.69 Å². The predicted octanol–water partition coefficient (Wildman–Crippen LogP) is 2.87. The Labute approximate surface area is 165 Å². The van der Waals surface area contributed by atoms with Crippen LogP contribution in [0.2, 0.25) is 0 Å². The standard InChI is InChI=1S/C20H24N2O5S/c1-13(2)21-19(23)15(4)27-20(24)16-9-11-17(12-10-16)28(25,26)22-18-8-6-5-7-14(18)3/h5-13,15,22H,1-4H3,(H,21,23)/t15-/m0/s1. The van der Waals surface area contributed by atoms with E-state index < -0.39 is 28.0 Å². The Bertz CT molecular complexity index is 953. The molecule has 0 radical (unpaired) electrons. The van der Waals surface area contributed by atoms with Crippen molar-refractivity contribution in [3.05, 3.63) is 59.7 Å². The third-order valence-corrected chi connectivity index (χ3v) is 5.26. The Morgan fingerprint density at radius 1 is 0.964 bits per heavy atom. The molecule has 2 rings (SSSR count). The van der Waals surface area contributed by atoms with Crippen LogP contribution in [0.5, 0.6) is 0 Å². The molecule has 0 aromatic heterocycles. The Kier molecular flexibility index (Phi) is 6.80. The molecule has 28 heavy (non-hydrogen) atoms. The molecule has 0 aliphatic heterocycles. The summed E-state index contributed by atoms with van der Waals surface area (Å²) in [7, 11) is -3.79. The Morgan fingerprint density at radius 3 is 2.14 bits per heavy atom. The molecule has 0 aliphatic carbocycles. The number of anilines is 1. The van der Waals surface area contributed by atoms with Gasteiger partial charge in [0.05, 0.1) is 16.1 Å². The molecule has 0 heterocycles. The van der Waals surface area contributed by atoms with E-state index in [9.17, 15) is 18.0 Å². The summed E-state index contributed by atoms with van der Waals surface area (Å²) in [6.45, 7) is 6.88. The zero-order valence-corrected chi connectivity index (χ0v) is 17.0. The van der Waals surface area contributed by atoms with Gasteiger partial charge in [0.15, 0.2) is 6.10 Å². The minimum atomic E-state index is -3.79. The van der Waals surface area contributed by atoms with E-state index in [1.807, 2.05) is 6.07 Å². The summed E-state index contributed by atoms with van der Waals surface area (Å²) in [5, 5.41) is 2.65. The molecular weight excluding hydrogens is 380 g/mol. The highest BCUT2D eigenvalue weighted by Gasteiger charge is 2.20. The van der Waals surface area contributed by atoms with Crippen LogP contribution in [0.3, 0.4) is 0 Å². The van der Waals surface area contributed by atoms with Gasteiger partial charge in [-0.15, -0.1) is 0 Å². The molecule has 2 aromatic rings. The quantitative estimate of drug-likeness (QED) is 0.691. The van der Waals surface area contributed by atoms with E-state index in [2.05, 4.69) is 10.0 Å². The van der Waals surface area contributed by atoms with Crippen molar-refractivity contribution in [1.29, 1.82) is 0 Å². The molecule has 2 aromatic carbocycles. The number of para-hydroxylation sites is 1. The third kappa shape index (κ3) is 5.56. The summed E-state index contributed by atoms with van der Waals surface area (Å²) in [6, 6.07) is 12.3. The number of aryl methyl sites for hydroxylation is 1. The van der Waals surface area contributed by atoms with Gasteiger partial charge in [0, 0.05) is 6.04 Å². The van der Waals surface area contributed by atoms with E-state index in [0.717, 1.165) is 5.56 Å². The fourth-order valence-corrected chi connectivity index (χ4v) is 3.48. The van der Waals surface area contributed by atoms with E-state index in [4.69, 9.17) is 4.74 Å². The monoisotopic (exact) mass is 404 g/mol. The molecule has 0 spiro atoms. The van der Waals surface area contributed by atoms with Crippen LogP contribution in [0, 0.1) is 6.92 Å². The van der Waals surface area contributed by atoms with Crippen molar-refractivity contribution in [2.45, 2.75) is 44.7 Å². The topological polar surface area (TPSA) is 102 Å². The first-order valence-corrected chi connectivity index (χ1v) is 10.3. The molecule has 1 amide bonds. The Morgan fingerprint density at radius 2 is 1.57 bits per heavy atom. The molecule has 150 valence electrons. The zero-order valence-electron chi connectivity index (χ0n) is 16.2. The number of sulfonamides is 1. The molecule has 7 nitrogen and oxygen atoms in total. The average molecular weight is 404 g/mol. The second kappa shape index (κ2) is 8.88. The lowest BCUT2D eigenvalue weighted by molar-refractivity contribution is -0.129. The van der Waals surface area contributed by atoms with Gasteiger partial charge < -0.3 is 10.1 Å². The second-order valence-corrected chi connectivity index (χ2v) is 8.34. The maximum absolute atomic E-state index is 12.5. The van der Waals surface area contributed by atoms with E-state index in [1.165, 1.54) is 31.2 Å². The Balaban J connectivity index is 2.09. The van der Waals surface area contributed by atoms with Gasteiger partial charge in [0.2, 0.25) is 0 Å². The number of carbonyl (C=O) groups excluding carboxylic acids is 2. The van der Waals surface area contributed by atoms with Gasteiger partial charge in [-0.3, -0.25) is 9.52 Å². The van der Waals surface area contributed by atoms with Crippen LogP contribution in [-0.2, 0) is 19.6 Å².